The van der Waals surface area contributed by atoms with Crippen LogP contribution in [0.3, 0.4) is 0 Å². The maximum Gasteiger partial charge on any atom is 0.471 e. The number of amides is 1. The van der Waals surface area contributed by atoms with Crippen molar-refractivity contribution < 1.29 is 27.5 Å². The molecule has 0 aliphatic heterocycles. The largest absolute Gasteiger partial charge is 0.471 e. The Morgan fingerprint density at radius 2 is 1.80 bits per heavy atom. The molecule has 0 radical (unpaired) electrons. The molecule has 0 aromatic carbocycles. The van der Waals surface area contributed by atoms with Gasteiger partial charge in [0, 0.05) is 4.88 Å². The van der Waals surface area contributed by atoms with Gasteiger partial charge in [-0.3, -0.25) is 4.79 Å². The van der Waals surface area contributed by atoms with Crippen molar-refractivity contribution in [1.82, 2.24) is 0 Å². The van der Waals surface area contributed by atoms with Gasteiger partial charge in [-0.25, -0.2) is 4.79 Å². The van der Waals surface area contributed by atoms with Gasteiger partial charge in [-0.05, 0) is 33.3 Å². The molecule has 20 heavy (non-hydrogen) atoms. The lowest BCUT2D eigenvalue weighted by molar-refractivity contribution is -0.167. The van der Waals surface area contributed by atoms with Crippen LogP contribution >= 0.6 is 11.3 Å². The van der Waals surface area contributed by atoms with Gasteiger partial charge in [-0.2, -0.15) is 13.2 Å². The van der Waals surface area contributed by atoms with Gasteiger partial charge in [-0.1, -0.05) is 0 Å². The fourth-order valence-electron chi connectivity index (χ4n) is 1.41. The van der Waals surface area contributed by atoms with Crippen molar-refractivity contribution in [2.24, 2.45) is 0 Å². The van der Waals surface area contributed by atoms with Crippen molar-refractivity contribution in [3.8, 4) is 0 Å². The van der Waals surface area contributed by atoms with Gasteiger partial charge in [0.15, 0.2) is 0 Å². The first-order valence-corrected chi connectivity index (χ1v) is 6.54. The Balaban J connectivity index is 3.12. The number of esters is 1. The van der Waals surface area contributed by atoms with Gasteiger partial charge >= 0.3 is 18.1 Å². The molecular formula is C12H14F3NO3S. The lowest BCUT2D eigenvalue weighted by Gasteiger charge is -2.11. The second kappa shape index (κ2) is 5.82. The minimum Gasteiger partial charge on any atom is -0.459 e. The number of alkyl halides is 3. The van der Waals surface area contributed by atoms with Crippen LogP contribution in [0.2, 0.25) is 0 Å². The second-order valence-electron chi connectivity index (χ2n) is 4.39. The number of aryl methyl sites for hydroxylation is 1. The monoisotopic (exact) mass is 309 g/mol. The molecular weight excluding hydrogens is 295 g/mol. The molecule has 0 fully saturated rings. The lowest BCUT2D eigenvalue weighted by atomic mass is 10.1. The van der Waals surface area contributed by atoms with Crippen molar-refractivity contribution in [3.05, 3.63) is 16.0 Å². The van der Waals surface area contributed by atoms with Crippen molar-refractivity contribution >= 4 is 28.2 Å². The van der Waals surface area contributed by atoms with Crippen molar-refractivity contribution in [2.45, 2.75) is 40.0 Å². The minimum absolute atomic E-state index is 0.0289. The van der Waals surface area contributed by atoms with Gasteiger partial charge in [0.2, 0.25) is 0 Å². The molecule has 1 heterocycles. The third kappa shape index (κ3) is 3.72. The molecule has 1 aromatic rings. The van der Waals surface area contributed by atoms with Crippen LogP contribution in [0.5, 0.6) is 0 Å². The van der Waals surface area contributed by atoms with E-state index in [4.69, 9.17) is 4.74 Å². The number of carbonyl (C=O) groups is 2. The predicted molar refractivity (Wildman–Crippen MR) is 69.0 cm³/mol. The summed E-state index contributed by atoms with van der Waals surface area (Å²) in [6, 6.07) is 0. The first kappa shape index (κ1) is 16.5. The maximum absolute atomic E-state index is 12.3. The van der Waals surface area contributed by atoms with Crippen LogP contribution in [-0.2, 0) is 9.53 Å². The predicted octanol–water partition coefficient (Wildman–Crippen LogP) is 3.43. The molecule has 1 rings (SSSR count). The summed E-state index contributed by atoms with van der Waals surface area (Å²) < 4.78 is 41.8. The van der Waals surface area contributed by atoms with E-state index < -0.39 is 24.2 Å². The van der Waals surface area contributed by atoms with Gasteiger partial charge in [-0.15, -0.1) is 11.3 Å². The molecule has 1 amide bonds. The maximum atomic E-state index is 12.3. The van der Waals surface area contributed by atoms with E-state index in [1.807, 2.05) is 0 Å². The Hall–Kier alpha value is -1.57. The van der Waals surface area contributed by atoms with Gasteiger partial charge in [0.05, 0.1) is 11.7 Å². The number of nitrogens with one attached hydrogen (secondary N) is 1. The van der Waals surface area contributed by atoms with Crippen LogP contribution in [0, 0.1) is 13.8 Å². The number of halogens is 3. The molecule has 0 aliphatic carbocycles. The molecule has 0 unspecified atom stereocenters. The highest BCUT2D eigenvalue weighted by Crippen LogP contribution is 2.34. The number of anilines is 1. The quantitative estimate of drug-likeness (QED) is 0.870. The van der Waals surface area contributed by atoms with E-state index in [1.54, 1.807) is 33.0 Å². The normalized spacial score (nSPS) is 11.6. The second-order valence-corrected chi connectivity index (χ2v) is 5.62. The number of thiophene rings is 1. The molecule has 0 atom stereocenters. The zero-order valence-corrected chi connectivity index (χ0v) is 12.2. The zero-order chi connectivity index (χ0) is 15.7. The minimum atomic E-state index is -5.01. The van der Waals surface area contributed by atoms with E-state index in [1.165, 1.54) is 0 Å². The average molecular weight is 309 g/mol. The first-order chi connectivity index (χ1) is 9.04. The van der Waals surface area contributed by atoms with E-state index in [9.17, 15) is 22.8 Å². The van der Waals surface area contributed by atoms with Gasteiger partial charge in [0.1, 0.15) is 5.00 Å². The van der Waals surface area contributed by atoms with Gasteiger partial charge in [0.25, 0.3) is 0 Å². The Kier molecular flexibility index (Phi) is 4.80. The summed E-state index contributed by atoms with van der Waals surface area (Å²) in [5.74, 6) is -2.86. The number of hydrogen-bond acceptors (Lipinski definition) is 4. The lowest BCUT2D eigenvalue weighted by Crippen LogP contribution is -2.30. The zero-order valence-electron chi connectivity index (χ0n) is 11.3. The van der Waals surface area contributed by atoms with Crippen LogP contribution in [0.1, 0.15) is 34.6 Å². The molecule has 0 saturated carbocycles. The Morgan fingerprint density at radius 3 is 2.25 bits per heavy atom. The summed E-state index contributed by atoms with van der Waals surface area (Å²) in [6.45, 7) is 6.49. The molecule has 0 saturated heterocycles. The fourth-order valence-corrected chi connectivity index (χ4v) is 2.45. The summed E-state index contributed by atoms with van der Waals surface area (Å²) in [6.07, 6.45) is -5.42. The Labute approximate surface area is 117 Å². The van der Waals surface area contributed by atoms with E-state index >= 15 is 0 Å². The summed E-state index contributed by atoms with van der Waals surface area (Å²) in [7, 11) is 0. The number of carbonyl (C=O) groups excluding carboxylic acids is 2. The topological polar surface area (TPSA) is 55.4 Å². The molecule has 4 nitrogen and oxygen atoms in total. The summed E-state index contributed by atoms with van der Waals surface area (Å²) in [5.41, 5.74) is 0.469. The third-order valence-electron chi connectivity index (χ3n) is 2.42. The van der Waals surface area contributed by atoms with Crippen molar-refractivity contribution in [1.29, 1.82) is 0 Å². The Bertz CT molecular complexity index is 535. The smallest absolute Gasteiger partial charge is 0.459 e. The fraction of sp³-hybridized carbons (Fsp3) is 0.500. The third-order valence-corrected chi connectivity index (χ3v) is 3.54. The average Bonchev–Trinajstić information content (AvgIpc) is 2.52. The molecule has 0 aliphatic rings. The van der Waals surface area contributed by atoms with E-state index in [-0.39, 0.29) is 10.6 Å². The standard InChI is InChI=1S/C12H14F3NO3S/c1-5(2)19-10(17)8-6(3)7(4)20-9(8)16-11(18)12(13,14)15/h5H,1-4H3,(H,16,18). The van der Waals surface area contributed by atoms with E-state index in [0.29, 0.717) is 10.4 Å². The van der Waals surface area contributed by atoms with Gasteiger partial charge < -0.3 is 10.1 Å². The van der Waals surface area contributed by atoms with Crippen LogP contribution in [-0.4, -0.2) is 24.2 Å². The SMILES string of the molecule is Cc1sc(NC(=O)C(F)(F)F)c(C(=O)OC(C)C)c1C. The van der Waals surface area contributed by atoms with Crippen LogP contribution in [0.25, 0.3) is 0 Å². The molecule has 1 N–H and O–H groups in total. The first-order valence-electron chi connectivity index (χ1n) is 5.73. The van der Waals surface area contributed by atoms with E-state index in [0.717, 1.165) is 11.3 Å². The molecule has 0 spiro atoms. The summed E-state index contributed by atoms with van der Waals surface area (Å²) in [4.78, 5) is 23.5. The van der Waals surface area contributed by atoms with Crippen LogP contribution in [0.15, 0.2) is 0 Å². The Morgan fingerprint density at radius 1 is 1.25 bits per heavy atom. The van der Waals surface area contributed by atoms with E-state index in [2.05, 4.69) is 0 Å². The highest BCUT2D eigenvalue weighted by atomic mass is 32.1. The molecule has 0 bridgehead atoms. The summed E-state index contributed by atoms with van der Waals surface area (Å²) >= 11 is 0.908. The van der Waals surface area contributed by atoms with Crippen molar-refractivity contribution in [2.75, 3.05) is 5.32 Å². The van der Waals surface area contributed by atoms with Crippen molar-refractivity contribution in [3.63, 3.8) is 0 Å². The molecule has 8 heteroatoms. The number of rotatable bonds is 3. The highest BCUT2D eigenvalue weighted by Gasteiger charge is 2.40. The number of hydrogen-bond donors (Lipinski definition) is 1. The summed E-state index contributed by atoms with van der Waals surface area (Å²) in [5, 5.41) is 1.57. The van der Waals surface area contributed by atoms with Crippen LogP contribution < -0.4 is 5.32 Å². The van der Waals surface area contributed by atoms with Crippen LogP contribution in [0.4, 0.5) is 18.2 Å². The molecule has 112 valence electrons. The highest BCUT2D eigenvalue weighted by molar-refractivity contribution is 7.16. The number of ether oxygens (including phenoxy) is 1. The molecule has 1 aromatic heterocycles.